The molecule has 9 heteroatoms. The van der Waals surface area contributed by atoms with Gasteiger partial charge in [-0.05, 0) is 43.2 Å². The molecule has 0 bridgehead atoms. The number of ether oxygens (including phenoxy) is 1. The summed E-state index contributed by atoms with van der Waals surface area (Å²) < 4.78 is 5.09. The van der Waals surface area contributed by atoms with E-state index >= 15 is 0 Å². The molecule has 1 N–H and O–H groups in total. The molecule has 1 atom stereocenters. The number of amides is 2. The molecule has 1 aliphatic rings. The van der Waals surface area contributed by atoms with Crippen LogP contribution < -0.4 is 10.2 Å². The Labute approximate surface area is 172 Å². The number of esters is 1. The third kappa shape index (κ3) is 4.80. The van der Waals surface area contributed by atoms with E-state index in [0.717, 1.165) is 11.1 Å². The molecule has 0 aromatic heterocycles. The van der Waals surface area contributed by atoms with Crippen molar-refractivity contribution < 1.29 is 24.0 Å². The molecule has 9 nitrogen and oxygen atoms in total. The lowest BCUT2D eigenvalue weighted by atomic mass is 10.1. The first-order valence-corrected chi connectivity index (χ1v) is 9.33. The second-order valence-corrected chi connectivity index (χ2v) is 7.15. The number of aryl methyl sites for hydroxylation is 2. The summed E-state index contributed by atoms with van der Waals surface area (Å²) in [4.78, 5) is 48.3. The molecule has 2 aromatic rings. The molecule has 3 rings (SSSR count). The van der Waals surface area contributed by atoms with Gasteiger partial charge >= 0.3 is 5.97 Å². The van der Waals surface area contributed by atoms with Gasteiger partial charge in [-0.3, -0.25) is 24.5 Å². The van der Waals surface area contributed by atoms with Crippen LogP contribution in [0.2, 0.25) is 0 Å². The number of hydrogen-bond donors (Lipinski definition) is 1. The van der Waals surface area contributed by atoms with E-state index in [1.54, 1.807) is 0 Å². The first-order chi connectivity index (χ1) is 14.2. The Morgan fingerprint density at radius 1 is 1.20 bits per heavy atom. The number of hydrogen-bond acceptors (Lipinski definition) is 6. The SMILES string of the molecule is Cc1ccc(C)c(NC(=O)COC(=O)[C@H]2CC(=O)N(c3ccc([N+](=O)[O-])cc3)C2)c1. The van der Waals surface area contributed by atoms with Gasteiger partial charge < -0.3 is 15.0 Å². The number of nitrogens with one attached hydrogen (secondary N) is 1. The Hall–Kier alpha value is -3.75. The number of rotatable bonds is 6. The Morgan fingerprint density at radius 2 is 1.90 bits per heavy atom. The van der Waals surface area contributed by atoms with Crippen LogP contribution in [0.3, 0.4) is 0 Å². The molecule has 0 aliphatic carbocycles. The first kappa shape index (κ1) is 21.0. The molecular formula is C21H21N3O6. The highest BCUT2D eigenvalue weighted by Crippen LogP contribution is 2.27. The van der Waals surface area contributed by atoms with Crippen LogP contribution >= 0.6 is 0 Å². The molecule has 1 heterocycles. The molecule has 156 valence electrons. The topological polar surface area (TPSA) is 119 Å². The van der Waals surface area contributed by atoms with E-state index in [9.17, 15) is 24.5 Å². The number of carbonyl (C=O) groups is 3. The van der Waals surface area contributed by atoms with Gasteiger partial charge in [0.05, 0.1) is 10.8 Å². The Kier molecular flexibility index (Phi) is 6.10. The standard InChI is InChI=1S/C21H21N3O6/c1-13-3-4-14(2)18(9-13)22-19(25)12-30-21(27)15-10-20(26)23(11-15)16-5-7-17(8-6-16)24(28)29/h3-9,15H,10-12H2,1-2H3,(H,22,25)/t15-/m0/s1. The molecule has 2 amide bonds. The van der Waals surface area contributed by atoms with Crippen molar-refractivity contribution in [2.24, 2.45) is 5.92 Å². The molecule has 0 saturated carbocycles. The summed E-state index contributed by atoms with van der Waals surface area (Å²) >= 11 is 0. The van der Waals surface area contributed by atoms with Crippen LogP contribution in [0, 0.1) is 29.9 Å². The third-order valence-electron chi connectivity index (χ3n) is 4.84. The fourth-order valence-corrected chi connectivity index (χ4v) is 3.18. The average Bonchev–Trinajstić information content (AvgIpc) is 3.10. The van der Waals surface area contributed by atoms with Gasteiger partial charge in [0.2, 0.25) is 5.91 Å². The molecule has 1 saturated heterocycles. The summed E-state index contributed by atoms with van der Waals surface area (Å²) in [6, 6.07) is 11.2. The van der Waals surface area contributed by atoms with E-state index in [2.05, 4.69) is 5.32 Å². The maximum Gasteiger partial charge on any atom is 0.311 e. The molecule has 1 aliphatic heterocycles. The molecule has 30 heavy (non-hydrogen) atoms. The largest absolute Gasteiger partial charge is 0.455 e. The molecular weight excluding hydrogens is 390 g/mol. The van der Waals surface area contributed by atoms with Crippen LogP contribution in [0.25, 0.3) is 0 Å². The predicted octanol–water partition coefficient (Wildman–Crippen LogP) is 2.75. The second kappa shape index (κ2) is 8.73. The lowest BCUT2D eigenvalue weighted by Gasteiger charge is -2.16. The fourth-order valence-electron chi connectivity index (χ4n) is 3.18. The van der Waals surface area contributed by atoms with Crippen molar-refractivity contribution in [3.05, 3.63) is 63.7 Å². The molecule has 0 unspecified atom stereocenters. The van der Waals surface area contributed by atoms with Crippen LogP contribution in [-0.4, -0.2) is 35.9 Å². The van der Waals surface area contributed by atoms with Gasteiger partial charge in [-0.1, -0.05) is 12.1 Å². The maximum absolute atomic E-state index is 12.3. The number of non-ortho nitro benzene ring substituents is 1. The molecule has 1 fully saturated rings. The van der Waals surface area contributed by atoms with E-state index in [4.69, 9.17) is 4.74 Å². The van der Waals surface area contributed by atoms with E-state index in [1.165, 1.54) is 29.2 Å². The van der Waals surface area contributed by atoms with Gasteiger partial charge in [-0.2, -0.15) is 0 Å². The number of anilines is 2. The van der Waals surface area contributed by atoms with Gasteiger partial charge in [-0.15, -0.1) is 0 Å². The van der Waals surface area contributed by atoms with E-state index in [-0.39, 0.29) is 24.6 Å². The highest BCUT2D eigenvalue weighted by Gasteiger charge is 2.36. The van der Waals surface area contributed by atoms with E-state index in [0.29, 0.717) is 11.4 Å². The second-order valence-electron chi connectivity index (χ2n) is 7.15. The Bertz CT molecular complexity index is 1000. The van der Waals surface area contributed by atoms with Crippen molar-refractivity contribution in [2.45, 2.75) is 20.3 Å². The first-order valence-electron chi connectivity index (χ1n) is 9.33. The van der Waals surface area contributed by atoms with E-state index < -0.39 is 29.3 Å². The molecule has 0 radical (unpaired) electrons. The van der Waals surface area contributed by atoms with Gasteiger partial charge in [-0.25, -0.2) is 0 Å². The lowest BCUT2D eigenvalue weighted by molar-refractivity contribution is -0.384. The van der Waals surface area contributed by atoms with Crippen molar-refractivity contribution in [3.63, 3.8) is 0 Å². The van der Waals surface area contributed by atoms with Crippen molar-refractivity contribution in [1.82, 2.24) is 0 Å². The summed E-state index contributed by atoms with van der Waals surface area (Å²) in [5.74, 6) is -2.09. The summed E-state index contributed by atoms with van der Waals surface area (Å²) in [7, 11) is 0. The summed E-state index contributed by atoms with van der Waals surface area (Å²) in [5, 5.41) is 13.5. The van der Waals surface area contributed by atoms with Crippen LogP contribution in [0.4, 0.5) is 17.1 Å². The summed E-state index contributed by atoms with van der Waals surface area (Å²) in [5.41, 5.74) is 2.91. The van der Waals surface area contributed by atoms with Crippen LogP contribution in [0.1, 0.15) is 17.5 Å². The van der Waals surface area contributed by atoms with Crippen LogP contribution in [0.5, 0.6) is 0 Å². The zero-order valence-corrected chi connectivity index (χ0v) is 16.6. The van der Waals surface area contributed by atoms with Crippen molar-refractivity contribution in [3.8, 4) is 0 Å². The highest BCUT2D eigenvalue weighted by atomic mass is 16.6. The van der Waals surface area contributed by atoms with Crippen molar-refractivity contribution in [2.75, 3.05) is 23.4 Å². The normalized spacial score (nSPS) is 15.7. The molecule has 2 aromatic carbocycles. The minimum Gasteiger partial charge on any atom is -0.455 e. The third-order valence-corrected chi connectivity index (χ3v) is 4.84. The van der Waals surface area contributed by atoms with Gasteiger partial charge in [0.25, 0.3) is 11.6 Å². The van der Waals surface area contributed by atoms with Crippen LogP contribution in [0.15, 0.2) is 42.5 Å². The Balaban J connectivity index is 1.54. The molecule has 0 spiro atoms. The minimum atomic E-state index is -0.707. The number of nitro benzene ring substituents is 1. The minimum absolute atomic E-state index is 0.0472. The number of benzene rings is 2. The van der Waals surface area contributed by atoms with Crippen molar-refractivity contribution in [1.29, 1.82) is 0 Å². The zero-order valence-electron chi connectivity index (χ0n) is 16.6. The Morgan fingerprint density at radius 3 is 2.57 bits per heavy atom. The number of nitro groups is 1. The van der Waals surface area contributed by atoms with Gasteiger partial charge in [0, 0.05) is 36.5 Å². The van der Waals surface area contributed by atoms with Crippen molar-refractivity contribution >= 4 is 34.8 Å². The quantitative estimate of drug-likeness (QED) is 0.443. The highest BCUT2D eigenvalue weighted by molar-refractivity contribution is 6.00. The fraction of sp³-hybridized carbons (Fsp3) is 0.286. The maximum atomic E-state index is 12.3. The van der Waals surface area contributed by atoms with E-state index in [1.807, 2.05) is 32.0 Å². The lowest BCUT2D eigenvalue weighted by Crippen LogP contribution is -2.28. The monoisotopic (exact) mass is 411 g/mol. The van der Waals surface area contributed by atoms with Gasteiger partial charge in [0.15, 0.2) is 6.61 Å². The smallest absolute Gasteiger partial charge is 0.311 e. The van der Waals surface area contributed by atoms with Crippen LogP contribution in [-0.2, 0) is 19.1 Å². The predicted molar refractivity (Wildman–Crippen MR) is 109 cm³/mol. The number of carbonyl (C=O) groups excluding carboxylic acids is 3. The summed E-state index contributed by atoms with van der Waals surface area (Å²) in [6.45, 7) is 3.41. The zero-order chi connectivity index (χ0) is 21.8. The van der Waals surface area contributed by atoms with Gasteiger partial charge in [0.1, 0.15) is 0 Å². The number of nitrogens with zero attached hydrogens (tertiary/aromatic N) is 2. The average molecular weight is 411 g/mol. The summed E-state index contributed by atoms with van der Waals surface area (Å²) in [6.07, 6.45) is -0.0472.